The van der Waals surface area contributed by atoms with E-state index < -0.39 is 0 Å². The van der Waals surface area contributed by atoms with Gasteiger partial charge >= 0.3 is 0 Å². The van der Waals surface area contributed by atoms with Crippen LogP contribution in [-0.4, -0.2) is 4.57 Å². The summed E-state index contributed by atoms with van der Waals surface area (Å²) < 4.78 is 5.84. The average molecular weight is 305 g/mol. The average Bonchev–Trinajstić information content (AvgIpc) is 3.12. The Hall–Kier alpha value is -2.39. The SMILES string of the molecule is Cc1cccc2scc(-[n+]3ccn(-c4ccccc4)c3C)c12. The summed E-state index contributed by atoms with van der Waals surface area (Å²) in [4.78, 5) is 0. The Morgan fingerprint density at radius 1 is 0.955 bits per heavy atom. The van der Waals surface area contributed by atoms with Gasteiger partial charge in [-0.1, -0.05) is 30.3 Å². The second kappa shape index (κ2) is 5.11. The Balaban J connectivity index is 1.92. The van der Waals surface area contributed by atoms with Crippen molar-refractivity contribution in [3.8, 4) is 11.4 Å². The molecule has 0 fully saturated rings. The second-order valence-electron chi connectivity index (χ2n) is 5.49. The van der Waals surface area contributed by atoms with Crippen LogP contribution in [0.25, 0.3) is 21.5 Å². The molecule has 4 rings (SSSR count). The van der Waals surface area contributed by atoms with Gasteiger partial charge in [-0.2, -0.15) is 9.13 Å². The summed E-state index contributed by atoms with van der Waals surface area (Å²) in [5, 5.41) is 3.60. The van der Waals surface area contributed by atoms with Crippen molar-refractivity contribution in [2.75, 3.05) is 0 Å². The van der Waals surface area contributed by atoms with Crippen molar-refractivity contribution in [3.05, 3.63) is 77.7 Å². The van der Waals surface area contributed by atoms with Gasteiger partial charge in [0.1, 0.15) is 18.1 Å². The molecule has 0 radical (unpaired) electrons. The third-order valence-electron chi connectivity index (χ3n) is 4.14. The first-order valence-corrected chi connectivity index (χ1v) is 8.26. The smallest absolute Gasteiger partial charge is 0.200 e. The standard InChI is InChI=1S/C19H17N2S/c1-14-7-6-10-18-19(14)17(13-22-18)21-12-11-20(15(21)2)16-8-4-3-5-9-16/h3-13H,1-2H3/q+1. The molecule has 3 heteroatoms. The number of benzene rings is 2. The Morgan fingerprint density at radius 3 is 2.59 bits per heavy atom. The van der Waals surface area contributed by atoms with Crippen molar-refractivity contribution in [3.63, 3.8) is 0 Å². The highest BCUT2D eigenvalue weighted by molar-refractivity contribution is 7.17. The molecule has 0 saturated heterocycles. The van der Waals surface area contributed by atoms with Gasteiger partial charge in [-0.3, -0.25) is 0 Å². The number of hydrogen-bond donors (Lipinski definition) is 0. The van der Waals surface area contributed by atoms with E-state index in [2.05, 4.69) is 83.2 Å². The van der Waals surface area contributed by atoms with Gasteiger partial charge in [0.05, 0.1) is 0 Å². The minimum absolute atomic E-state index is 1.19. The summed E-state index contributed by atoms with van der Waals surface area (Å²) in [6.45, 7) is 4.34. The first-order valence-electron chi connectivity index (χ1n) is 7.38. The molecule has 0 aliphatic heterocycles. The van der Waals surface area contributed by atoms with E-state index >= 15 is 0 Å². The molecule has 4 aromatic rings. The van der Waals surface area contributed by atoms with E-state index in [1.165, 1.54) is 32.8 Å². The third kappa shape index (κ3) is 1.97. The lowest BCUT2D eigenvalue weighted by Crippen LogP contribution is -2.32. The Bertz CT molecular complexity index is 948. The van der Waals surface area contributed by atoms with Gasteiger partial charge in [-0.05, 0) is 30.7 Å². The molecule has 108 valence electrons. The van der Waals surface area contributed by atoms with Crippen LogP contribution < -0.4 is 4.57 Å². The van der Waals surface area contributed by atoms with Gasteiger partial charge in [-0.15, -0.1) is 11.3 Å². The van der Waals surface area contributed by atoms with Crippen LogP contribution in [0.1, 0.15) is 11.4 Å². The minimum atomic E-state index is 1.19. The van der Waals surface area contributed by atoms with E-state index in [9.17, 15) is 0 Å². The van der Waals surface area contributed by atoms with Crippen molar-refractivity contribution < 1.29 is 4.57 Å². The first-order chi connectivity index (χ1) is 10.8. The fourth-order valence-electron chi connectivity index (χ4n) is 3.00. The number of hydrogen-bond acceptors (Lipinski definition) is 1. The molecule has 22 heavy (non-hydrogen) atoms. The van der Waals surface area contributed by atoms with Crippen LogP contribution in [0.4, 0.5) is 0 Å². The van der Waals surface area contributed by atoms with E-state index in [0.717, 1.165) is 0 Å². The van der Waals surface area contributed by atoms with Crippen LogP contribution in [-0.2, 0) is 0 Å². The number of aryl methyl sites for hydroxylation is 1. The molecule has 0 saturated carbocycles. The summed E-state index contributed by atoms with van der Waals surface area (Å²) in [5.74, 6) is 1.20. The maximum atomic E-state index is 2.28. The number of aromatic nitrogens is 2. The van der Waals surface area contributed by atoms with Gasteiger partial charge in [0.2, 0.25) is 0 Å². The van der Waals surface area contributed by atoms with Crippen LogP contribution in [0.2, 0.25) is 0 Å². The lowest BCUT2D eigenvalue weighted by molar-refractivity contribution is -0.600. The van der Waals surface area contributed by atoms with Gasteiger partial charge in [-0.25, -0.2) is 0 Å². The zero-order valence-electron chi connectivity index (χ0n) is 12.7. The third-order valence-corrected chi connectivity index (χ3v) is 5.08. The van der Waals surface area contributed by atoms with Crippen molar-refractivity contribution in [2.24, 2.45) is 0 Å². The van der Waals surface area contributed by atoms with Crippen molar-refractivity contribution >= 4 is 21.4 Å². The molecule has 2 aromatic carbocycles. The summed E-state index contributed by atoms with van der Waals surface area (Å²) in [5.41, 5.74) is 3.79. The van der Waals surface area contributed by atoms with E-state index in [-0.39, 0.29) is 0 Å². The normalized spacial score (nSPS) is 11.2. The number of thiophene rings is 1. The fraction of sp³-hybridized carbons (Fsp3) is 0.105. The lowest BCUT2D eigenvalue weighted by atomic mass is 10.1. The molecule has 0 aliphatic rings. The predicted octanol–water partition coefficient (Wildman–Crippen LogP) is 4.59. The first kappa shape index (κ1) is 13.3. The summed E-state index contributed by atoms with van der Waals surface area (Å²) >= 11 is 1.81. The van der Waals surface area contributed by atoms with E-state index in [0.29, 0.717) is 0 Å². The molecule has 0 spiro atoms. The van der Waals surface area contributed by atoms with Crippen LogP contribution in [0.15, 0.2) is 66.3 Å². The molecule has 2 nitrogen and oxygen atoms in total. The quantitative estimate of drug-likeness (QED) is 0.479. The molecular weight excluding hydrogens is 288 g/mol. The van der Waals surface area contributed by atoms with Crippen LogP contribution in [0, 0.1) is 13.8 Å². The Kier molecular flexibility index (Phi) is 3.09. The van der Waals surface area contributed by atoms with E-state index in [4.69, 9.17) is 0 Å². The molecule has 0 aliphatic carbocycles. The van der Waals surface area contributed by atoms with Crippen LogP contribution in [0.3, 0.4) is 0 Å². The molecule has 2 aromatic heterocycles. The summed E-state index contributed by atoms with van der Waals surface area (Å²) in [6, 6.07) is 17.0. The maximum absolute atomic E-state index is 2.28. The van der Waals surface area contributed by atoms with Crippen molar-refractivity contribution in [1.29, 1.82) is 0 Å². The highest BCUT2D eigenvalue weighted by Gasteiger charge is 2.19. The zero-order valence-corrected chi connectivity index (χ0v) is 13.5. The topological polar surface area (TPSA) is 8.81 Å². The van der Waals surface area contributed by atoms with Crippen LogP contribution >= 0.6 is 11.3 Å². The van der Waals surface area contributed by atoms with E-state index in [1.807, 2.05) is 6.07 Å². The largest absolute Gasteiger partial charge is 0.263 e. The molecule has 0 amide bonds. The highest BCUT2D eigenvalue weighted by atomic mass is 32.1. The summed E-state index contributed by atoms with van der Waals surface area (Å²) in [7, 11) is 0. The predicted molar refractivity (Wildman–Crippen MR) is 92.2 cm³/mol. The van der Waals surface area contributed by atoms with Gasteiger partial charge in [0.25, 0.3) is 5.82 Å². The minimum Gasteiger partial charge on any atom is -0.200 e. The second-order valence-corrected chi connectivity index (χ2v) is 6.40. The molecule has 0 unspecified atom stereocenters. The maximum Gasteiger partial charge on any atom is 0.263 e. The molecule has 0 N–H and O–H groups in total. The number of para-hydroxylation sites is 1. The monoisotopic (exact) mass is 305 g/mol. The zero-order chi connectivity index (χ0) is 15.1. The van der Waals surface area contributed by atoms with Gasteiger partial charge in [0, 0.05) is 22.4 Å². The number of fused-ring (bicyclic) bond motifs is 1. The molecule has 0 atom stereocenters. The summed E-state index contributed by atoms with van der Waals surface area (Å²) in [6.07, 6.45) is 4.28. The highest BCUT2D eigenvalue weighted by Crippen LogP contribution is 2.29. The molecular formula is C19H17N2S+. The van der Waals surface area contributed by atoms with Crippen LogP contribution in [0.5, 0.6) is 0 Å². The van der Waals surface area contributed by atoms with E-state index in [1.54, 1.807) is 11.3 Å². The lowest BCUT2D eigenvalue weighted by Gasteiger charge is -2.02. The molecule has 0 bridgehead atoms. The Morgan fingerprint density at radius 2 is 1.77 bits per heavy atom. The number of nitrogens with zero attached hydrogens (tertiary/aromatic N) is 2. The van der Waals surface area contributed by atoms with Gasteiger partial charge < -0.3 is 0 Å². The Labute approximate surface area is 133 Å². The fourth-order valence-corrected chi connectivity index (χ4v) is 4.01. The van der Waals surface area contributed by atoms with Crippen molar-refractivity contribution in [1.82, 2.24) is 4.57 Å². The van der Waals surface area contributed by atoms with Crippen molar-refractivity contribution in [2.45, 2.75) is 13.8 Å². The molecule has 2 heterocycles. The van der Waals surface area contributed by atoms with Gasteiger partial charge in [0.15, 0.2) is 5.69 Å². The number of rotatable bonds is 2. The number of imidazole rings is 1.